The largest absolute Gasteiger partial charge is 0.472 e. The highest BCUT2D eigenvalue weighted by Crippen LogP contribution is 2.43. The third-order valence-electron chi connectivity index (χ3n) is 13.0. The molecule has 3 unspecified atom stereocenters. The highest BCUT2D eigenvalue weighted by Gasteiger charge is 2.28. The van der Waals surface area contributed by atoms with E-state index >= 15 is 0 Å². The van der Waals surface area contributed by atoms with Crippen molar-refractivity contribution in [2.75, 3.05) is 40.9 Å². The van der Waals surface area contributed by atoms with Crippen molar-refractivity contribution in [3.63, 3.8) is 0 Å². The highest BCUT2D eigenvalue weighted by molar-refractivity contribution is 7.47. The quantitative estimate of drug-likeness (QED) is 0.0243. The standard InChI is InChI=1S/C55H111N2O6P/c1-6-8-10-12-14-16-18-20-22-24-26-27-28-29-31-33-35-37-39-41-43-45-47-49-55(59)56-53(52-63-64(60,61)62-51-50-57(3,4)5)54(58)48-46-44-42-40-38-36-34-32-30-25-23-21-19-17-15-13-11-9-7-2/h29,31,53-54,58H,6-28,30,32-52H2,1-5H3,(H-,56,59,60,61)/p+1/b31-29-. The van der Waals surface area contributed by atoms with E-state index in [9.17, 15) is 19.4 Å². The topological polar surface area (TPSA) is 105 Å². The first kappa shape index (κ1) is 63.2. The second kappa shape index (κ2) is 47.3. The van der Waals surface area contributed by atoms with Crippen molar-refractivity contribution in [1.29, 1.82) is 0 Å². The van der Waals surface area contributed by atoms with Crippen LogP contribution in [-0.2, 0) is 18.4 Å². The minimum absolute atomic E-state index is 0.0762. The first-order chi connectivity index (χ1) is 31.0. The molecule has 0 aromatic rings. The number of nitrogens with zero attached hydrogens (tertiary/aromatic N) is 1. The van der Waals surface area contributed by atoms with E-state index in [0.29, 0.717) is 23.9 Å². The van der Waals surface area contributed by atoms with Crippen molar-refractivity contribution in [3.05, 3.63) is 12.2 Å². The van der Waals surface area contributed by atoms with Gasteiger partial charge in [0.15, 0.2) is 0 Å². The molecule has 0 aliphatic rings. The van der Waals surface area contributed by atoms with E-state index < -0.39 is 20.0 Å². The number of aliphatic hydroxyl groups excluding tert-OH is 1. The van der Waals surface area contributed by atoms with Gasteiger partial charge in [0.05, 0.1) is 39.9 Å². The molecule has 0 aromatic heterocycles. The Morgan fingerprint density at radius 1 is 0.516 bits per heavy atom. The number of nitrogens with one attached hydrogen (secondary N) is 1. The first-order valence-corrected chi connectivity index (χ1v) is 29.5. The molecular formula is C55H112N2O6P+. The summed E-state index contributed by atoms with van der Waals surface area (Å²) < 4.78 is 23.8. The lowest BCUT2D eigenvalue weighted by Gasteiger charge is -2.26. The van der Waals surface area contributed by atoms with Crippen LogP contribution in [0.3, 0.4) is 0 Å². The summed E-state index contributed by atoms with van der Waals surface area (Å²) in [6.45, 7) is 4.93. The van der Waals surface area contributed by atoms with Gasteiger partial charge in [-0.2, -0.15) is 0 Å². The molecule has 0 aliphatic carbocycles. The highest BCUT2D eigenvalue weighted by atomic mass is 31.2. The van der Waals surface area contributed by atoms with E-state index in [2.05, 4.69) is 31.3 Å². The molecule has 0 heterocycles. The number of carbonyl (C=O) groups excluding carboxylic acids is 1. The molecule has 0 rings (SSSR count). The third-order valence-corrected chi connectivity index (χ3v) is 14.0. The van der Waals surface area contributed by atoms with Crippen molar-refractivity contribution in [2.45, 2.75) is 296 Å². The summed E-state index contributed by atoms with van der Waals surface area (Å²) >= 11 is 0. The van der Waals surface area contributed by atoms with Crippen molar-refractivity contribution < 1.29 is 32.9 Å². The number of quaternary nitrogens is 1. The average molecular weight is 928 g/mol. The maximum Gasteiger partial charge on any atom is 0.472 e. The second-order valence-electron chi connectivity index (χ2n) is 20.7. The van der Waals surface area contributed by atoms with Crippen LogP contribution in [0.1, 0.15) is 284 Å². The van der Waals surface area contributed by atoms with Gasteiger partial charge in [0.25, 0.3) is 0 Å². The van der Waals surface area contributed by atoms with E-state index in [1.807, 2.05) is 21.1 Å². The molecule has 3 atom stereocenters. The lowest BCUT2D eigenvalue weighted by atomic mass is 10.0. The van der Waals surface area contributed by atoms with Gasteiger partial charge in [0, 0.05) is 6.42 Å². The van der Waals surface area contributed by atoms with Crippen LogP contribution in [0, 0.1) is 0 Å². The minimum atomic E-state index is -4.32. The van der Waals surface area contributed by atoms with E-state index in [0.717, 1.165) is 38.5 Å². The zero-order chi connectivity index (χ0) is 47.1. The summed E-state index contributed by atoms with van der Waals surface area (Å²) in [5.74, 6) is -0.144. The van der Waals surface area contributed by atoms with Gasteiger partial charge in [-0.1, -0.05) is 251 Å². The normalized spacial score (nSPS) is 14.0. The zero-order valence-corrected chi connectivity index (χ0v) is 44.4. The van der Waals surface area contributed by atoms with Gasteiger partial charge >= 0.3 is 7.82 Å². The zero-order valence-electron chi connectivity index (χ0n) is 43.6. The molecule has 8 nitrogen and oxygen atoms in total. The Morgan fingerprint density at radius 3 is 1.20 bits per heavy atom. The fourth-order valence-electron chi connectivity index (χ4n) is 8.57. The average Bonchev–Trinajstić information content (AvgIpc) is 3.25. The Morgan fingerprint density at radius 2 is 0.844 bits per heavy atom. The van der Waals surface area contributed by atoms with Gasteiger partial charge in [-0.3, -0.25) is 13.8 Å². The number of likely N-dealkylation sites (N-methyl/N-ethyl adjacent to an activating group) is 1. The predicted molar refractivity (Wildman–Crippen MR) is 277 cm³/mol. The van der Waals surface area contributed by atoms with Crippen LogP contribution in [0.4, 0.5) is 0 Å². The number of phosphoric ester groups is 1. The number of amides is 1. The lowest BCUT2D eigenvalue weighted by Crippen LogP contribution is -2.46. The van der Waals surface area contributed by atoms with E-state index in [-0.39, 0.29) is 19.1 Å². The number of rotatable bonds is 52. The molecule has 0 bridgehead atoms. The summed E-state index contributed by atoms with van der Waals surface area (Å²) in [6, 6.07) is -0.760. The van der Waals surface area contributed by atoms with Gasteiger partial charge in [0.2, 0.25) is 5.91 Å². The van der Waals surface area contributed by atoms with Crippen molar-refractivity contribution in [3.8, 4) is 0 Å². The number of hydrogen-bond donors (Lipinski definition) is 3. The van der Waals surface area contributed by atoms with Crippen LogP contribution in [0.2, 0.25) is 0 Å². The van der Waals surface area contributed by atoms with Gasteiger partial charge < -0.3 is 19.8 Å². The Balaban J connectivity index is 4.18. The van der Waals surface area contributed by atoms with Crippen molar-refractivity contribution >= 4 is 13.7 Å². The molecule has 382 valence electrons. The van der Waals surface area contributed by atoms with Crippen LogP contribution >= 0.6 is 7.82 Å². The maximum absolute atomic E-state index is 13.0. The van der Waals surface area contributed by atoms with Gasteiger partial charge in [0.1, 0.15) is 13.2 Å². The molecule has 9 heteroatoms. The molecule has 0 aliphatic heterocycles. The minimum Gasteiger partial charge on any atom is -0.391 e. The molecule has 0 fully saturated rings. The smallest absolute Gasteiger partial charge is 0.391 e. The number of phosphoric acid groups is 1. The molecule has 64 heavy (non-hydrogen) atoms. The van der Waals surface area contributed by atoms with Gasteiger partial charge in [-0.15, -0.1) is 0 Å². The molecule has 0 aromatic carbocycles. The maximum atomic E-state index is 13.0. The van der Waals surface area contributed by atoms with Gasteiger partial charge in [-0.05, 0) is 38.5 Å². The Labute approximate surface area is 399 Å². The van der Waals surface area contributed by atoms with E-state index in [1.165, 1.54) is 218 Å². The van der Waals surface area contributed by atoms with Crippen molar-refractivity contribution in [2.24, 2.45) is 0 Å². The SMILES string of the molecule is CCCCCCCCCCCCCC/C=C\CCCCCCCCCC(=O)NC(COP(=O)(O)OCC[N+](C)(C)C)C(O)CCCCCCCCCCCCCCCCCCCCC. The fourth-order valence-corrected chi connectivity index (χ4v) is 9.31. The molecular weight excluding hydrogens is 816 g/mol. The summed E-state index contributed by atoms with van der Waals surface area (Å²) in [4.78, 5) is 23.3. The number of allylic oxidation sites excluding steroid dienone is 2. The first-order valence-electron chi connectivity index (χ1n) is 28.1. The molecule has 0 saturated heterocycles. The Kier molecular flexibility index (Phi) is 46.8. The molecule has 1 amide bonds. The lowest BCUT2D eigenvalue weighted by molar-refractivity contribution is -0.870. The van der Waals surface area contributed by atoms with Crippen LogP contribution in [0.15, 0.2) is 12.2 Å². The van der Waals surface area contributed by atoms with E-state index in [1.54, 1.807) is 0 Å². The Bertz CT molecular complexity index is 1050. The van der Waals surface area contributed by atoms with E-state index in [4.69, 9.17) is 9.05 Å². The van der Waals surface area contributed by atoms with Crippen LogP contribution < -0.4 is 5.32 Å². The third kappa shape index (κ3) is 49.2. The summed E-state index contributed by atoms with van der Waals surface area (Å²) in [7, 11) is 1.63. The molecule has 0 saturated carbocycles. The van der Waals surface area contributed by atoms with Crippen LogP contribution in [-0.4, -0.2) is 73.4 Å². The predicted octanol–water partition coefficient (Wildman–Crippen LogP) is 16.7. The van der Waals surface area contributed by atoms with Crippen LogP contribution in [0.25, 0.3) is 0 Å². The molecule has 0 spiro atoms. The number of carbonyl (C=O) groups is 1. The number of unbranched alkanes of at least 4 members (excludes halogenated alkanes) is 37. The monoisotopic (exact) mass is 928 g/mol. The van der Waals surface area contributed by atoms with Crippen LogP contribution in [0.5, 0.6) is 0 Å². The summed E-state index contributed by atoms with van der Waals surface area (Å²) in [5, 5.41) is 14.1. The fraction of sp³-hybridized carbons (Fsp3) is 0.945. The summed E-state index contributed by atoms with van der Waals surface area (Å²) in [6.07, 6.45) is 56.9. The second-order valence-corrected chi connectivity index (χ2v) is 22.1. The summed E-state index contributed by atoms with van der Waals surface area (Å²) in [5.41, 5.74) is 0. The molecule has 0 radical (unpaired) electrons. The Hall–Kier alpha value is -0.760. The van der Waals surface area contributed by atoms with Gasteiger partial charge in [-0.25, -0.2) is 4.57 Å². The number of aliphatic hydroxyl groups is 1. The molecule has 3 N–H and O–H groups in total. The van der Waals surface area contributed by atoms with Crippen molar-refractivity contribution in [1.82, 2.24) is 5.32 Å². The number of hydrogen-bond acceptors (Lipinski definition) is 5.